The van der Waals surface area contributed by atoms with Gasteiger partial charge >= 0.3 is 5.97 Å². The summed E-state index contributed by atoms with van der Waals surface area (Å²) < 4.78 is 5.32. The number of hydrogen-bond acceptors (Lipinski definition) is 5. The van der Waals surface area contributed by atoms with Gasteiger partial charge in [-0.25, -0.2) is 9.78 Å². The third kappa shape index (κ3) is 4.63. The highest BCUT2D eigenvalue weighted by molar-refractivity contribution is 5.85. The average Bonchev–Trinajstić information content (AvgIpc) is 3.28. The van der Waals surface area contributed by atoms with Crippen molar-refractivity contribution in [1.29, 1.82) is 0 Å². The minimum Gasteiger partial charge on any atom is -0.476 e. The van der Waals surface area contributed by atoms with Crippen molar-refractivity contribution < 1.29 is 14.3 Å². The smallest absolute Gasteiger partial charge is 0.357 e. The maximum atomic E-state index is 10.9. The lowest BCUT2D eigenvalue weighted by atomic mass is 9.76. The number of benzene rings is 1. The summed E-state index contributed by atoms with van der Waals surface area (Å²) in [6.45, 7) is 4.69. The molecule has 3 heterocycles. The molecule has 0 aliphatic carbocycles. The van der Waals surface area contributed by atoms with Crippen molar-refractivity contribution in [2.75, 3.05) is 26.2 Å². The number of carboxylic acids is 1. The number of oxazole rings is 1. The normalized spacial score (nSPS) is 24.1. The van der Waals surface area contributed by atoms with Crippen molar-refractivity contribution in [3.05, 3.63) is 53.7 Å². The van der Waals surface area contributed by atoms with E-state index in [1.54, 1.807) is 0 Å². The molecule has 2 N–H and O–H groups in total. The molecular weight excluding hydrogens is 389 g/mol. The van der Waals surface area contributed by atoms with E-state index in [1.807, 2.05) is 0 Å². The minimum atomic E-state index is -1.04. The van der Waals surface area contributed by atoms with Crippen LogP contribution in [0.5, 0.6) is 0 Å². The number of carboxylic acid groups (broad SMARTS) is 1. The van der Waals surface area contributed by atoms with Crippen molar-refractivity contribution >= 4 is 30.8 Å². The predicted molar refractivity (Wildman–Crippen MR) is 107 cm³/mol. The molecule has 0 radical (unpaired) electrons. The number of fused-ring (bicyclic) bond motifs is 1. The Hall–Kier alpha value is -1.60. The molecule has 0 bridgehead atoms. The second-order valence-electron chi connectivity index (χ2n) is 7.28. The fraction of sp³-hybridized carbons (Fsp3) is 0.474. The highest BCUT2D eigenvalue weighted by atomic mass is 35.5. The molecular formula is C19H25Cl2N3O3. The molecule has 1 aromatic heterocycles. The van der Waals surface area contributed by atoms with Gasteiger partial charge < -0.3 is 14.8 Å². The lowest BCUT2D eigenvalue weighted by Crippen LogP contribution is -2.33. The van der Waals surface area contributed by atoms with Gasteiger partial charge in [0.15, 0.2) is 5.69 Å². The Morgan fingerprint density at radius 3 is 2.81 bits per heavy atom. The molecule has 0 amide bonds. The highest BCUT2D eigenvalue weighted by Gasteiger charge is 2.49. The summed E-state index contributed by atoms with van der Waals surface area (Å²) in [6, 6.07) is 10.6. The van der Waals surface area contributed by atoms with E-state index in [-0.39, 0.29) is 35.9 Å². The van der Waals surface area contributed by atoms with Crippen molar-refractivity contribution in [3.63, 3.8) is 0 Å². The van der Waals surface area contributed by atoms with Gasteiger partial charge in [-0.05, 0) is 30.9 Å². The van der Waals surface area contributed by atoms with Gasteiger partial charge in [0, 0.05) is 25.0 Å². The van der Waals surface area contributed by atoms with Crippen molar-refractivity contribution in [2.24, 2.45) is 11.3 Å². The number of likely N-dealkylation sites (tertiary alicyclic amines) is 1. The second kappa shape index (κ2) is 9.06. The van der Waals surface area contributed by atoms with Crippen LogP contribution in [0.15, 0.2) is 41.0 Å². The SMILES string of the molecule is Cl.Cl.O=C(O)c1coc(CN2CC3CNCC3(CCc3ccccc3)C2)n1. The Balaban J connectivity index is 0.00000131. The Morgan fingerprint density at radius 2 is 2.11 bits per heavy atom. The molecule has 2 aromatic rings. The fourth-order valence-electron chi connectivity index (χ4n) is 4.32. The van der Waals surface area contributed by atoms with Crippen LogP contribution < -0.4 is 5.32 Å². The molecule has 2 unspecified atom stereocenters. The van der Waals surface area contributed by atoms with Crippen LogP contribution in [0.25, 0.3) is 0 Å². The standard InChI is InChI=1S/C19H23N3O3.2ClH/c23-18(24)16-11-25-17(21-16)10-22-9-15-8-20-12-19(15,13-22)7-6-14-4-2-1-3-5-14;;/h1-5,11,15,20H,6-10,12-13H2,(H,23,24);2*1H. The number of aromatic nitrogens is 1. The van der Waals surface area contributed by atoms with Crippen LogP contribution in [0.1, 0.15) is 28.4 Å². The molecule has 2 aliphatic heterocycles. The van der Waals surface area contributed by atoms with Gasteiger partial charge in [-0.1, -0.05) is 30.3 Å². The van der Waals surface area contributed by atoms with E-state index < -0.39 is 5.97 Å². The summed E-state index contributed by atoms with van der Waals surface area (Å²) in [5, 5.41) is 12.5. The van der Waals surface area contributed by atoms with Crippen LogP contribution in [0, 0.1) is 11.3 Å². The van der Waals surface area contributed by atoms with Gasteiger partial charge in [0.1, 0.15) is 6.26 Å². The van der Waals surface area contributed by atoms with Crippen LogP contribution in [0.3, 0.4) is 0 Å². The number of hydrogen-bond donors (Lipinski definition) is 2. The molecule has 2 fully saturated rings. The first-order chi connectivity index (χ1) is 12.1. The fourth-order valence-corrected chi connectivity index (χ4v) is 4.32. The molecule has 0 saturated carbocycles. The van der Waals surface area contributed by atoms with E-state index in [0.717, 1.165) is 39.0 Å². The van der Waals surface area contributed by atoms with Gasteiger partial charge in [0.2, 0.25) is 5.89 Å². The number of nitrogens with one attached hydrogen (secondary N) is 1. The Kier molecular flexibility index (Phi) is 7.28. The first-order valence-corrected chi connectivity index (χ1v) is 8.79. The van der Waals surface area contributed by atoms with Crippen LogP contribution in [-0.2, 0) is 13.0 Å². The topological polar surface area (TPSA) is 78.6 Å². The summed E-state index contributed by atoms with van der Waals surface area (Å²) in [6.07, 6.45) is 3.48. The van der Waals surface area contributed by atoms with Crippen LogP contribution in [0.4, 0.5) is 0 Å². The number of aryl methyl sites for hydroxylation is 1. The number of carbonyl (C=O) groups is 1. The lowest BCUT2D eigenvalue weighted by Gasteiger charge is -2.28. The molecule has 6 nitrogen and oxygen atoms in total. The lowest BCUT2D eigenvalue weighted by molar-refractivity contribution is 0.0690. The zero-order valence-electron chi connectivity index (χ0n) is 15.0. The largest absolute Gasteiger partial charge is 0.476 e. The Labute approximate surface area is 171 Å². The number of halogens is 2. The maximum absolute atomic E-state index is 10.9. The van der Waals surface area contributed by atoms with Crippen molar-refractivity contribution in [3.8, 4) is 0 Å². The molecule has 2 atom stereocenters. The molecule has 27 heavy (non-hydrogen) atoms. The summed E-state index contributed by atoms with van der Waals surface area (Å²) in [4.78, 5) is 17.4. The van der Waals surface area contributed by atoms with E-state index in [0.29, 0.717) is 18.4 Å². The molecule has 1 aromatic carbocycles. The van der Waals surface area contributed by atoms with E-state index in [4.69, 9.17) is 9.52 Å². The zero-order chi connectivity index (χ0) is 17.3. The molecule has 4 rings (SSSR count). The van der Waals surface area contributed by atoms with E-state index in [9.17, 15) is 4.79 Å². The predicted octanol–water partition coefficient (Wildman–Crippen LogP) is 2.87. The quantitative estimate of drug-likeness (QED) is 0.757. The summed E-state index contributed by atoms with van der Waals surface area (Å²) in [5.41, 5.74) is 1.66. The number of aromatic carboxylic acids is 1. The van der Waals surface area contributed by atoms with Gasteiger partial charge in [-0.3, -0.25) is 4.90 Å². The Bertz CT molecular complexity index is 756. The zero-order valence-corrected chi connectivity index (χ0v) is 16.6. The van der Waals surface area contributed by atoms with Crippen molar-refractivity contribution in [1.82, 2.24) is 15.2 Å². The first kappa shape index (κ1) is 21.7. The van der Waals surface area contributed by atoms with Gasteiger partial charge in [-0.2, -0.15) is 0 Å². The van der Waals surface area contributed by atoms with Crippen LogP contribution >= 0.6 is 24.8 Å². The summed E-state index contributed by atoms with van der Waals surface area (Å²) in [7, 11) is 0. The second-order valence-corrected chi connectivity index (χ2v) is 7.28. The molecule has 8 heteroatoms. The maximum Gasteiger partial charge on any atom is 0.357 e. The monoisotopic (exact) mass is 413 g/mol. The average molecular weight is 414 g/mol. The van der Waals surface area contributed by atoms with Crippen LogP contribution in [-0.4, -0.2) is 47.1 Å². The third-order valence-corrected chi connectivity index (χ3v) is 5.64. The molecule has 2 saturated heterocycles. The Morgan fingerprint density at radius 1 is 1.33 bits per heavy atom. The highest BCUT2D eigenvalue weighted by Crippen LogP contribution is 2.43. The van der Waals surface area contributed by atoms with Crippen LogP contribution in [0.2, 0.25) is 0 Å². The van der Waals surface area contributed by atoms with Gasteiger partial charge in [-0.15, -0.1) is 24.8 Å². The molecule has 0 spiro atoms. The van der Waals surface area contributed by atoms with E-state index in [1.165, 1.54) is 11.8 Å². The van der Waals surface area contributed by atoms with E-state index in [2.05, 4.69) is 45.5 Å². The van der Waals surface area contributed by atoms with Gasteiger partial charge in [0.25, 0.3) is 0 Å². The summed E-state index contributed by atoms with van der Waals surface area (Å²) in [5.74, 6) is 0.0745. The first-order valence-electron chi connectivity index (χ1n) is 8.79. The minimum absolute atomic E-state index is 0. The number of rotatable bonds is 6. The van der Waals surface area contributed by atoms with Gasteiger partial charge in [0.05, 0.1) is 6.54 Å². The molecule has 2 aliphatic rings. The number of nitrogens with zero attached hydrogens (tertiary/aromatic N) is 2. The van der Waals surface area contributed by atoms with E-state index >= 15 is 0 Å². The third-order valence-electron chi connectivity index (χ3n) is 5.64. The van der Waals surface area contributed by atoms with Crippen molar-refractivity contribution in [2.45, 2.75) is 19.4 Å². The summed E-state index contributed by atoms with van der Waals surface area (Å²) >= 11 is 0. The molecule has 148 valence electrons.